The van der Waals surface area contributed by atoms with E-state index in [9.17, 15) is 14.4 Å². The highest BCUT2D eigenvalue weighted by atomic mass is 127. The molecule has 2 N–H and O–H groups in total. The van der Waals surface area contributed by atoms with Gasteiger partial charge >= 0.3 is 18.2 Å². The maximum Gasteiger partial charge on any atom is 0.408 e. The first-order chi connectivity index (χ1) is 13.7. The van der Waals surface area contributed by atoms with Crippen molar-refractivity contribution < 1.29 is 28.6 Å². The number of alkyl carbamates (subject to hydrolysis) is 2. The van der Waals surface area contributed by atoms with Crippen molar-refractivity contribution in [1.29, 1.82) is 0 Å². The number of halogens is 1. The molecule has 1 rings (SSSR count). The van der Waals surface area contributed by atoms with Gasteiger partial charge in [0.15, 0.2) is 0 Å². The first-order valence-corrected chi connectivity index (χ1v) is 10.9. The molecule has 0 spiro atoms. The molecule has 2 atom stereocenters. The minimum absolute atomic E-state index is 0.0736. The maximum atomic E-state index is 12.6. The fraction of sp³-hybridized carbons (Fsp3) is 0.550. The zero-order valence-electron chi connectivity index (χ0n) is 17.2. The highest BCUT2D eigenvalue weighted by molar-refractivity contribution is 14.1. The van der Waals surface area contributed by atoms with Gasteiger partial charge in [-0.05, 0) is 47.9 Å². The van der Waals surface area contributed by atoms with Gasteiger partial charge in [0, 0.05) is 0 Å². The molecule has 1 aromatic rings. The third-order valence-corrected chi connectivity index (χ3v) is 4.47. The van der Waals surface area contributed by atoms with E-state index in [2.05, 4.69) is 10.6 Å². The second kappa shape index (κ2) is 12.5. The monoisotopic (exact) mass is 520 g/mol. The molecule has 29 heavy (non-hydrogen) atoms. The van der Waals surface area contributed by atoms with Crippen LogP contribution in [0.3, 0.4) is 0 Å². The number of benzene rings is 1. The van der Waals surface area contributed by atoms with Gasteiger partial charge in [0.05, 0.1) is 5.54 Å². The molecule has 0 fully saturated rings. The number of alkyl halides is 1. The van der Waals surface area contributed by atoms with Crippen LogP contribution in [0.4, 0.5) is 9.59 Å². The lowest BCUT2D eigenvalue weighted by Gasteiger charge is -2.27. The highest BCUT2D eigenvalue weighted by Gasteiger charge is 2.30. The Morgan fingerprint density at radius 1 is 1.07 bits per heavy atom. The fourth-order valence-corrected chi connectivity index (χ4v) is 2.58. The zero-order valence-corrected chi connectivity index (χ0v) is 19.4. The normalized spacial score (nSPS) is 13.0. The van der Waals surface area contributed by atoms with E-state index in [0.717, 1.165) is 5.56 Å². The van der Waals surface area contributed by atoms with Crippen LogP contribution in [0, 0.1) is 5.92 Å². The third-order valence-electron chi connectivity index (χ3n) is 4.15. The standard InChI is InChI=1S/C20H29IN2O6/c1-5-14(2)16(22-18(25)27-11-15-9-7-6-8-10-15)17(24)28-12-20(3,4)23-19(26)29-13-21/h6-10,14,16H,5,11-13H2,1-4H3,(H,22,25)(H,23,26)/t14-,16-/m0/s1. The van der Waals surface area contributed by atoms with Crippen molar-refractivity contribution in [3.63, 3.8) is 0 Å². The molecule has 0 unspecified atom stereocenters. The zero-order chi connectivity index (χ0) is 21.9. The van der Waals surface area contributed by atoms with Crippen LogP contribution in [0.15, 0.2) is 30.3 Å². The van der Waals surface area contributed by atoms with Crippen LogP contribution in [0.1, 0.15) is 39.7 Å². The number of carbonyl (C=O) groups is 3. The molecule has 0 saturated carbocycles. The van der Waals surface area contributed by atoms with E-state index in [1.807, 2.05) is 66.8 Å². The van der Waals surface area contributed by atoms with E-state index in [1.54, 1.807) is 13.8 Å². The Bertz CT molecular complexity index is 668. The molecule has 1 aromatic carbocycles. The van der Waals surface area contributed by atoms with Crippen LogP contribution in [-0.2, 0) is 25.6 Å². The quantitative estimate of drug-likeness (QED) is 0.211. The second-order valence-electron chi connectivity index (χ2n) is 7.23. The number of esters is 1. The lowest BCUT2D eigenvalue weighted by molar-refractivity contribution is -0.149. The third kappa shape index (κ3) is 9.82. The number of hydrogen-bond donors (Lipinski definition) is 2. The second-order valence-corrected chi connectivity index (χ2v) is 7.85. The van der Waals surface area contributed by atoms with Crippen molar-refractivity contribution in [2.75, 3.05) is 11.2 Å². The summed E-state index contributed by atoms with van der Waals surface area (Å²) in [6.07, 6.45) is -0.636. The van der Waals surface area contributed by atoms with E-state index in [-0.39, 0.29) is 23.7 Å². The molecule has 0 bridgehead atoms. The van der Waals surface area contributed by atoms with Gasteiger partial charge in [-0.3, -0.25) is 0 Å². The molecule has 0 aromatic heterocycles. The van der Waals surface area contributed by atoms with E-state index in [1.165, 1.54) is 0 Å². The summed E-state index contributed by atoms with van der Waals surface area (Å²) in [4.78, 5) is 36.3. The summed E-state index contributed by atoms with van der Waals surface area (Å²) in [7, 11) is 0. The average Bonchev–Trinajstić information content (AvgIpc) is 2.68. The summed E-state index contributed by atoms with van der Waals surface area (Å²) in [5.41, 5.74) is 0.0170. The van der Waals surface area contributed by atoms with Gasteiger partial charge in [-0.1, -0.05) is 50.6 Å². The van der Waals surface area contributed by atoms with Crippen LogP contribution < -0.4 is 10.6 Å². The molecule has 0 saturated heterocycles. The summed E-state index contributed by atoms with van der Waals surface area (Å²) in [5, 5.41) is 5.21. The minimum Gasteiger partial charge on any atom is -0.462 e. The summed E-state index contributed by atoms with van der Waals surface area (Å²) >= 11 is 1.91. The van der Waals surface area contributed by atoms with Crippen LogP contribution in [0.5, 0.6) is 0 Å². The van der Waals surface area contributed by atoms with Crippen molar-refractivity contribution in [2.45, 2.75) is 52.3 Å². The van der Waals surface area contributed by atoms with Crippen molar-refractivity contribution in [1.82, 2.24) is 10.6 Å². The number of ether oxygens (including phenoxy) is 3. The Balaban J connectivity index is 2.61. The largest absolute Gasteiger partial charge is 0.462 e. The molecule has 0 aliphatic carbocycles. The Morgan fingerprint density at radius 2 is 1.72 bits per heavy atom. The number of hydrogen-bond acceptors (Lipinski definition) is 6. The Morgan fingerprint density at radius 3 is 2.31 bits per heavy atom. The van der Waals surface area contributed by atoms with E-state index >= 15 is 0 Å². The molecule has 0 aliphatic rings. The predicted octanol–water partition coefficient (Wildman–Crippen LogP) is 3.77. The van der Waals surface area contributed by atoms with Crippen molar-refractivity contribution in [3.8, 4) is 0 Å². The summed E-state index contributed by atoms with van der Waals surface area (Å²) in [6.45, 7) is 7.18. The molecule has 2 amide bonds. The van der Waals surface area contributed by atoms with E-state index < -0.39 is 29.7 Å². The summed E-state index contributed by atoms with van der Waals surface area (Å²) in [6, 6.07) is 8.39. The van der Waals surface area contributed by atoms with Crippen molar-refractivity contribution in [2.24, 2.45) is 5.92 Å². The molecular weight excluding hydrogens is 491 g/mol. The van der Waals surface area contributed by atoms with Crippen molar-refractivity contribution in [3.05, 3.63) is 35.9 Å². The number of rotatable bonds is 10. The Labute approximate surface area is 185 Å². The van der Waals surface area contributed by atoms with Gasteiger partial charge < -0.3 is 24.8 Å². The molecule has 9 heteroatoms. The smallest absolute Gasteiger partial charge is 0.408 e. The number of carbonyl (C=O) groups excluding carboxylic acids is 3. The van der Waals surface area contributed by atoms with Gasteiger partial charge in [0.2, 0.25) is 0 Å². The molecule has 0 heterocycles. The predicted molar refractivity (Wildman–Crippen MR) is 117 cm³/mol. The average molecular weight is 520 g/mol. The van der Waals surface area contributed by atoms with Gasteiger partial charge in [-0.2, -0.15) is 0 Å². The van der Waals surface area contributed by atoms with Crippen molar-refractivity contribution >= 4 is 40.7 Å². The SMILES string of the molecule is CC[C@H](C)[C@H](NC(=O)OCc1ccccc1)C(=O)OCC(C)(C)NC(=O)OCI. The van der Waals surface area contributed by atoms with Gasteiger partial charge in [0.25, 0.3) is 0 Å². The topological polar surface area (TPSA) is 103 Å². The van der Waals surface area contributed by atoms with E-state index in [4.69, 9.17) is 14.2 Å². The van der Waals surface area contributed by atoms with Crippen LogP contribution in [0.25, 0.3) is 0 Å². The van der Waals surface area contributed by atoms with Gasteiger partial charge in [-0.15, -0.1) is 0 Å². The molecular formula is C20H29IN2O6. The van der Waals surface area contributed by atoms with Crippen LogP contribution in [-0.4, -0.2) is 41.0 Å². The number of amides is 2. The lowest BCUT2D eigenvalue weighted by atomic mass is 9.99. The maximum absolute atomic E-state index is 12.6. The molecule has 8 nitrogen and oxygen atoms in total. The highest BCUT2D eigenvalue weighted by Crippen LogP contribution is 2.12. The molecule has 0 radical (unpaired) electrons. The van der Waals surface area contributed by atoms with Gasteiger partial charge in [-0.25, -0.2) is 14.4 Å². The lowest BCUT2D eigenvalue weighted by Crippen LogP contribution is -2.50. The molecule has 162 valence electrons. The summed E-state index contributed by atoms with van der Waals surface area (Å²) in [5.74, 6) is -0.750. The molecule has 0 aliphatic heterocycles. The fourth-order valence-electron chi connectivity index (χ4n) is 2.30. The minimum atomic E-state index is -0.861. The first kappa shape index (κ1) is 25.0. The van der Waals surface area contributed by atoms with Crippen LogP contribution in [0.2, 0.25) is 0 Å². The van der Waals surface area contributed by atoms with Crippen LogP contribution >= 0.6 is 22.6 Å². The number of nitrogens with one attached hydrogen (secondary N) is 2. The summed E-state index contributed by atoms with van der Waals surface area (Å²) < 4.78 is 15.6. The van der Waals surface area contributed by atoms with Gasteiger partial charge in [0.1, 0.15) is 23.9 Å². The van der Waals surface area contributed by atoms with E-state index in [0.29, 0.717) is 6.42 Å². The Hall–Kier alpha value is -2.04. The Kier molecular flexibility index (Phi) is 10.8. The first-order valence-electron chi connectivity index (χ1n) is 9.33.